The van der Waals surface area contributed by atoms with Gasteiger partial charge in [0.05, 0.1) is 19.3 Å². The van der Waals surface area contributed by atoms with E-state index in [2.05, 4.69) is 108 Å². The van der Waals surface area contributed by atoms with Crippen molar-refractivity contribution in [1.29, 1.82) is 0 Å². The van der Waals surface area contributed by atoms with Gasteiger partial charge in [-0.1, -0.05) is 85.7 Å². The van der Waals surface area contributed by atoms with Crippen LogP contribution in [0, 0.1) is 0 Å². The van der Waals surface area contributed by atoms with Crippen molar-refractivity contribution >= 4 is 80.1 Å². The van der Waals surface area contributed by atoms with Crippen molar-refractivity contribution in [1.82, 2.24) is 10.6 Å². The Labute approximate surface area is 439 Å². The first-order chi connectivity index (χ1) is 34.6. The van der Waals surface area contributed by atoms with Gasteiger partial charge in [0.15, 0.2) is 17.2 Å². The molecular formula is C57H72N6O8S2. The molecule has 6 heterocycles. The van der Waals surface area contributed by atoms with Gasteiger partial charge in [-0.15, -0.1) is 0 Å². The molecule has 4 aromatic rings. The summed E-state index contributed by atoms with van der Waals surface area (Å²) in [6.45, 7) is 15.8. The highest BCUT2D eigenvalue weighted by molar-refractivity contribution is 8.76. The number of benzene rings is 4. The van der Waals surface area contributed by atoms with Crippen LogP contribution >= 0.6 is 21.6 Å². The third-order valence-corrected chi connectivity index (χ3v) is 18.5. The van der Waals surface area contributed by atoms with Gasteiger partial charge in [-0.25, -0.2) is 4.79 Å². The highest BCUT2D eigenvalue weighted by Crippen LogP contribution is 2.57. The van der Waals surface area contributed by atoms with Crippen LogP contribution in [0.4, 0.5) is 22.7 Å². The van der Waals surface area contributed by atoms with E-state index in [1.807, 2.05) is 59.5 Å². The molecule has 0 radical (unpaired) electrons. The first kappa shape index (κ1) is 52.1. The molecule has 0 saturated carbocycles. The molecule has 73 heavy (non-hydrogen) atoms. The van der Waals surface area contributed by atoms with E-state index in [1.54, 1.807) is 28.5 Å². The van der Waals surface area contributed by atoms with E-state index in [0.717, 1.165) is 102 Å². The van der Waals surface area contributed by atoms with Crippen LogP contribution in [-0.4, -0.2) is 122 Å². The maximum Gasteiger partial charge on any atom is 0.326 e. The zero-order valence-corrected chi connectivity index (χ0v) is 44.1. The Morgan fingerprint density at radius 2 is 1.07 bits per heavy atom. The Hall–Kier alpha value is -5.78. The molecule has 0 aliphatic carbocycles. The number of amides is 2. The van der Waals surface area contributed by atoms with Crippen molar-refractivity contribution in [3.63, 3.8) is 0 Å². The van der Waals surface area contributed by atoms with Crippen molar-refractivity contribution in [3.05, 3.63) is 130 Å². The monoisotopic (exact) mass is 1030 g/mol. The number of carbonyl (C=O) groups is 4. The first-order valence-corrected chi connectivity index (χ1v) is 27.9. The van der Waals surface area contributed by atoms with Crippen LogP contribution in [-0.2, 0) is 29.9 Å². The van der Waals surface area contributed by atoms with E-state index in [0.29, 0.717) is 43.9 Å². The van der Waals surface area contributed by atoms with Gasteiger partial charge < -0.3 is 50.3 Å². The second-order valence-electron chi connectivity index (χ2n) is 20.8. The third kappa shape index (κ3) is 9.32. The van der Waals surface area contributed by atoms with Crippen LogP contribution in [0.1, 0.15) is 106 Å². The fraction of sp³-hybridized carbons (Fsp3) is 0.439. The van der Waals surface area contributed by atoms with Crippen LogP contribution in [0.2, 0.25) is 0 Å². The largest absolute Gasteiger partial charge is 0.480 e. The molecular weight excluding hydrogens is 961 g/mol. The van der Waals surface area contributed by atoms with E-state index < -0.39 is 34.3 Å². The molecule has 390 valence electrons. The lowest BCUT2D eigenvalue weighted by Gasteiger charge is -2.39. The van der Waals surface area contributed by atoms with Crippen LogP contribution in [0.3, 0.4) is 0 Å². The van der Waals surface area contributed by atoms with Gasteiger partial charge in [0.1, 0.15) is 6.04 Å². The standard InChI is InChI=1S/C57H66N6O7S2.H2O.2H2/c1-38(64)47-8-6-28-60(47)43-16-10-39(11-17-43)22-24-56-54(2,3)45-36-41(14-20-48(45)62(56)30-32-69-56)51(65)58-26-34-71-72-35-27-59-52(66)42-15-21-49-46(37-42)55(4,5)57(63(49)31-33-70-57)25-23-40-12-18-44(19-13-40)61-29-7-9-50(61)53(67)68;;;/h10-25,36-37,47,50H,6-9,26-35H2,1-5H3,(H,58,65)(H,59,66)(H,67,68);1H2;2*1H/b24-22+,25-23+;;;. The molecule has 4 fully saturated rings. The van der Waals surface area contributed by atoms with E-state index >= 15 is 0 Å². The number of hydrogen-bond acceptors (Lipinski definition) is 12. The summed E-state index contributed by atoms with van der Waals surface area (Å²) < 4.78 is 13.2. The minimum absolute atomic E-state index is 0. The summed E-state index contributed by atoms with van der Waals surface area (Å²) >= 11 is 0. The van der Waals surface area contributed by atoms with Crippen molar-refractivity contribution in [3.8, 4) is 0 Å². The number of ketones is 1. The number of carboxylic acid groups (broad SMARTS) is 1. The summed E-state index contributed by atoms with van der Waals surface area (Å²) in [5.41, 5.74) is 7.26. The molecule has 6 aliphatic rings. The summed E-state index contributed by atoms with van der Waals surface area (Å²) in [4.78, 5) is 59.8. The van der Waals surface area contributed by atoms with E-state index in [1.165, 1.54) is 0 Å². The highest BCUT2D eigenvalue weighted by atomic mass is 33.1. The summed E-state index contributed by atoms with van der Waals surface area (Å²) in [5.74, 6) is 0.650. The van der Waals surface area contributed by atoms with Gasteiger partial charge in [-0.3, -0.25) is 14.4 Å². The molecule has 14 nitrogen and oxygen atoms in total. The Morgan fingerprint density at radius 3 is 1.49 bits per heavy atom. The van der Waals surface area contributed by atoms with Gasteiger partial charge in [-0.05, 0) is 128 Å². The Morgan fingerprint density at radius 1 is 0.644 bits per heavy atom. The van der Waals surface area contributed by atoms with Crippen LogP contribution in [0.5, 0.6) is 0 Å². The van der Waals surface area contributed by atoms with E-state index in [9.17, 15) is 24.3 Å². The molecule has 0 bridgehead atoms. The summed E-state index contributed by atoms with van der Waals surface area (Å²) in [7, 11) is 3.34. The van der Waals surface area contributed by atoms with Gasteiger partial charge in [0.25, 0.3) is 11.8 Å². The average Bonchev–Trinajstić information content (AvgIpc) is 4.25. The fourth-order valence-corrected chi connectivity index (χ4v) is 14.0. The number of ether oxygens (including phenoxy) is 2. The minimum Gasteiger partial charge on any atom is -0.480 e. The van der Waals surface area contributed by atoms with Crippen molar-refractivity contribution in [2.45, 2.75) is 94.7 Å². The lowest BCUT2D eigenvalue weighted by Crippen LogP contribution is -2.51. The maximum absolute atomic E-state index is 13.5. The number of carbonyl (C=O) groups excluding carboxylic acids is 3. The second kappa shape index (κ2) is 20.9. The van der Waals surface area contributed by atoms with Crippen LogP contribution < -0.4 is 30.2 Å². The summed E-state index contributed by atoms with van der Waals surface area (Å²) in [5, 5.41) is 15.9. The predicted octanol–water partition coefficient (Wildman–Crippen LogP) is 8.58. The number of anilines is 4. The number of nitrogens with zero attached hydrogens (tertiary/aromatic N) is 4. The quantitative estimate of drug-likeness (QED) is 0.0678. The molecule has 16 heteroatoms. The SMILES string of the molecule is CC(=O)C1CCCN1c1ccc(/C=C/C23OCCN2c2ccc(C(=O)NCCSSCCNC(=O)c4ccc5c(c4)C(C)(C)C4(/C=C/c6ccc(N7CCCC7C(=O)O)cc6)OCCN54)cc2C3(C)C)cc1.O.[HH].[HH]. The van der Waals surface area contributed by atoms with Crippen LogP contribution in [0.15, 0.2) is 97.1 Å². The molecule has 4 unspecified atom stereocenters. The Bertz CT molecular complexity index is 2630. The maximum atomic E-state index is 13.5. The molecule has 4 atom stereocenters. The highest BCUT2D eigenvalue weighted by Gasteiger charge is 2.60. The molecule has 5 N–H and O–H groups in total. The first-order valence-electron chi connectivity index (χ1n) is 25.4. The predicted molar refractivity (Wildman–Crippen MR) is 298 cm³/mol. The van der Waals surface area contributed by atoms with Gasteiger partial charge in [0.2, 0.25) is 0 Å². The van der Waals surface area contributed by atoms with Gasteiger partial charge in [-0.2, -0.15) is 0 Å². The smallest absolute Gasteiger partial charge is 0.326 e. The molecule has 0 spiro atoms. The number of nitrogens with one attached hydrogen (secondary N) is 2. The Kier molecular flexibility index (Phi) is 14.9. The molecule has 4 saturated heterocycles. The molecule has 6 aliphatic heterocycles. The van der Waals surface area contributed by atoms with Crippen molar-refractivity contribution in [2.75, 3.05) is 83.6 Å². The molecule has 2 amide bonds. The Balaban J connectivity index is 0.00000273. The number of fused-ring (bicyclic) bond motifs is 6. The normalized spacial score (nSPS) is 24.2. The van der Waals surface area contributed by atoms with Crippen LogP contribution in [0.25, 0.3) is 12.2 Å². The van der Waals surface area contributed by atoms with E-state index in [-0.39, 0.29) is 32.0 Å². The lowest BCUT2D eigenvalue weighted by atomic mass is 9.77. The minimum atomic E-state index is -0.779. The lowest BCUT2D eigenvalue weighted by molar-refractivity contribution is -0.138. The molecule has 4 aromatic carbocycles. The number of hydrogen-bond donors (Lipinski definition) is 3. The summed E-state index contributed by atoms with van der Waals surface area (Å²) in [6.07, 6.45) is 12.0. The van der Waals surface area contributed by atoms with Crippen molar-refractivity contribution in [2.24, 2.45) is 0 Å². The average molecular weight is 1030 g/mol. The fourth-order valence-electron chi connectivity index (χ4n) is 12.2. The number of carboxylic acids is 1. The zero-order valence-electron chi connectivity index (χ0n) is 42.4. The third-order valence-electron chi connectivity index (χ3n) is 16.1. The van der Waals surface area contributed by atoms with Crippen molar-refractivity contribution < 1.29 is 42.1 Å². The van der Waals surface area contributed by atoms with Gasteiger partial charge >= 0.3 is 5.97 Å². The molecule has 10 rings (SSSR count). The summed E-state index contributed by atoms with van der Waals surface area (Å²) in [6, 6.07) is 27.9. The van der Waals surface area contributed by atoms with Gasteiger partial charge in [0, 0.05) is 98.3 Å². The topological polar surface area (TPSA) is 175 Å². The number of Topliss-reactive ketones (excluding diaryl/α,β-unsaturated/α-hetero) is 1. The number of aliphatic carboxylic acids is 1. The van der Waals surface area contributed by atoms with E-state index in [4.69, 9.17) is 9.47 Å². The molecule has 0 aromatic heterocycles. The number of rotatable bonds is 17. The second-order valence-corrected chi connectivity index (χ2v) is 23.5. The zero-order chi connectivity index (χ0) is 50.4.